The molecule has 2 saturated heterocycles. The van der Waals surface area contributed by atoms with Crippen molar-refractivity contribution in [1.29, 1.82) is 0 Å². The largest absolute Gasteiger partial charge is 0.467 e. The number of nitrogens with one attached hydrogen (secondary N) is 1. The van der Waals surface area contributed by atoms with E-state index >= 15 is 0 Å². The number of piperidine rings is 1. The zero-order valence-corrected chi connectivity index (χ0v) is 11.2. The summed E-state index contributed by atoms with van der Waals surface area (Å²) in [5.41, 5.74) is 0.547. The van der Waals surface area contributed by atoms with E-state index in [0.29, 0.717) is 23.9 Å². The van der Waals surface area contributed by atoms with Crippen molar-refractivity contribution in [2.75, 3.05) is 26.7 Å². The van der Waals surface area contributed by atoms with Crippen molar-refractivity contribution < 1.29 is 13.9 Å². The number of hydrogen-bond acceptors (Lipinski definition) is 5. The van der Waals surface area contributed by atoms with Gasteiger partial charge in [-0.1, -0.05) is 0 Å². The number of likely N-dealkylation sites (tertiary alicyclic amines) is 1. The van der Waals surface area contributed by atoms with Crippen molar-refractivity contribution >= 4 is 5.97 Å². The van der Waals surface area contributed by atoms with Gasteiger partial charge in [-0.15, -0.1) is 0 Å². The van der Waals surface area contributed by atoms with Gasteiger partial charge in [-0.25, -0.2) is 4.79 Å². The van der Waals surface area contributed by atoms with Crippen LogP contribution in [0.5, 0.6) is 0 Å². The first-order chi connectivity index (χ1) is 9.28. The van der Waals surface area contributed by atoms with Gasteiger partial charge in [-0.05, 0) is 31.4 Å². The third-order valence-corrected chi connectivity index (χ3v) is 4.19. The van der Waals surface area contributed by atoms with E-state index in [9.17, 15) is 4.79 Å². The zero-order chi connectivity index (χ0) is 13.2. The highest BCUT2D eigenvalue weighted by molar-refractivity contribution is 5.90. The van der Waals surface area contributed by atoms with Gasteiger partial charge in [0.15, 0.2) is 0 Å². The first-order valence-corrected chi connectivity index (χ1v) is 6.88. The highest BCUT2D eigenvalue weighted by atomic mass is 16.5. The molecule has 5 heteroatoms. The highest BCUT2D eigenvalue weighted by Crippen LogP contribution is 2.26. The summed E-state index contributed by atoms with van der Waals surface area (Å²) in [6.07, 6.45) is 4.13. The Labute approximate surface area is 112 Å². The van der Waals surface area contributed by atoms with E-state index in [1.54, 1.807) is 12.3 Å². The van der Waals surface area contributed by atoms with Crippen LogP contribution < -0.4 is 5.32 Å². The molecule has 2 atom stereocenters. The molecular formula is C14H20N2O3. The van der Waals surface area contributed by atoms with Crippen LogP contribution >= 0.6 is 0 Å². The van der Waals surface area contributed by atoms with Crippen molar-refractivity contribution in [1.82, 2.24) is 10.2 Å². The standard InChI is InChI=1S/C14H20N2O3/c1-18-14(17)11-4-6-19-13(11)9-16-7-10-3-2-5-15-12(10)8-16/h4,6,10,12,15H,2-3,5,7-9H2,1H3. The van der Waals surface area contributed by atoms with Gasteiger partial charge in [0.2, 0.25) is 0 Å². The topological polar surface area (TPSA) is 54.7 Å². The molecule has 0 bridgehead atoms. The molecule has 2 aliphatic rings. The minimum absolute atomic E-state index is 0.321. The van der Waals surface area contributed by atoms with Gasteiger partial charge in [0, 0.05) is 19.1 Å². The van der Waals surface area contributed by atoms with Gasteiger partial charge in [-0.3, -0.25) is 4.90 Å². The van der Waals surface area contributed by atoms with Crippen molar-refractivity contribution in [3.05, 3.63) is 23.7 Å². The molecule has 0 amide bonds. The Bertz CT molecular complexity index is 443. The van der Waals surface area contributed by atoms with Crippen molar-refractivity contribution in [3.63, 3.8) is 0 Å². The summed E-state index contributed by atoms with van der Waals surface area (Å²) in [4.78, 5) is 14.0. The predicted molar refractivity (Wildman–Crippen MR) is 69.8 cm³/mol. The second kappa shape index (κ2) is 5.35. The summed E-state index contributed by atoms with van der Waals surface area (Å²) in [5, 5.41) is 3.58. The summed E-state index contributed by atoms with van der Waals surface area (Å²) in [7, 11) is 1.40. The number of methoxy groups -OCH3 is 1. The fraction of sp³-hybridized carbons (Fsp3) is 0.643. The van der Waals surface area contributed by atoms with Crippen LogP contribution in [0.25, 0.3) is 0 Å². The van der Waals surface area contributed by atoms with Gasteiger partial charge in [0.05, 0.1) is 19.9 Å². The maximum Gasteiger partial charge on any atom is 0.341 e. The van der Waals surface area contributed by atoms with Crippen molar-refractivity contribution in [2.24, 2.45) is 5.92 Å². The van der Waals surface area contributed by atoms with Crippen LogP contribution in [0.4, 0.5) is 0 Å². The van der Waals surface area contributed by atoms with E-state index in [0.717, 1.165) is 25.6 Å². The predicted octanol–water partition coefficient (Wildman–Crippen LogP) is 1.25. The van der Waals surface area contributed by atoms with E-state index in [4.69, 9.17) is 9.15 Å². The number of fused-ring (bicyclic) bond motifs is 1. The molecule has 0 saturated carbocycles. The molecular weight excluding hydrogens is 244 g/mol. The fourth-order valence-electron chi connectivity index (χ4n) is 3.22. The van der Waals surface area contributed by atoms with Crippen LogP contribution in [-0.2, 0) is 11.3 Å². The first-order valence-electron chi connectivity index (χ1n) is 6.88. The number of esters is 1. The molecule has 19 heavy (non-hydrogen) atoms. The molecule has 0 radical (unpaired) electrons. The lowest BCUT2D eigenvalue weighted by molar-refractivity contribution is 0.0596. The molecule has 0 spiro atoms. The average Bonchev–Trinajstić information content (AvgIpc) is 3.04. The number of nitrogens with zero attached hydrogens (tertiary/aromatic N) is 1. The third kappa shape index (κ3) is 2.53. The molecule has 3 heterocycles. The summed E-state index contributed by atoms with van der Waals surface area (Å²) in [6.45, 7) is 3.93. The Balaban J connectivity index is 1.66. The summed E-state index contributed by atoms with van der Waals surface area (Å²) in [6, 6.07) is 2.29. The van der Waals surface area contributed by atoms with E-state index < -0.39 is 0 Å². The minimum Gasteiger partial charge on any atom is -0.467 e. The maximum absolute atomic E-state index is 11.6. The highest BCUT2D eigenvalue weighted by Gasteiger charge is 2.34. The molecule has 1 aromatic rings. The van der Waals surface area contributed by atoms with Gasteiger partial charge >= 0.3 is 5.97 Å². The second-order valence-corrected chi connectivity index (χ2v) is 5.41. The quantitative estimate of drug-likeness (QED) is 0.833. The van der Waals surface area contributed by atoms with E-state index in [-0.39, 0.29) is 5.97 Å². The molecule has 1 N–H and O–H groups in total. The summed E-state index contributed by atoms with van der Waals surface area (Å²) < 4.78 is 10.2. The molecule has 0 aromatic carbocycles. The van der Waals surface area contributed by atoms with Crippen LogP contribution in [-0.4, -0.2) is 43.7 Å². The molecule has 0 aliphatic carbocycles. The van der Waals surface area contributed by atoms with E-state index in [1.165, 1.54) is 20.0 Å². The summed E-state index contributed by atoms with van der Waals surface area (Å²) in [5.74, 6) is 1.13. The van der Waals surface area contributed by atoms with Gasteiger partial charge in [0.1, 0.15) is 11.3 Å². The molecule has 2 unspecified atom stereocenters. The third-order valence-electron chi connectivity index (χ3n) is 4.19. The van der Waals surface area contributed by atoms with E-state index in [1.807, 2.05) is 0 Å². The van der Waals surface area contributed by atoms with Crippen LogP contribution in [0.15, 0.2) is 16.7 Å². The van der Waals surface area contributed by atoms with E-state index in [2.05, 4.69) is 10.2 Å². The Kier molecular flexibility index (Phi) is 3.57. The molecule has 2 aliphatic heterocycles. The molecule has 2 fully saturated rings. The van der Waals surface area contributed by atoms with Gasteiger partial charge in [-0.2, -0.15) is 0 Å². The molecule has 1 aromatic heterocycles. The second-order valence-electron chi connectivity index (χ2n) is 5.41. The fourth-order valence-corrected chi connectivity index (χ4v) is 3.22. The van der Waals surface area contributed by atoms with Crippen molar-refractivity contribution in [3.8, 4) is 0 Å². The SMILES string of the molecule is COC(=O)c1ccoc1CN1CC2CCCNC2C1. The number of furan rings is 1. The zero-order valence-electron chi connectivity index (χ0n) is 11.2. The van der Waals surface area contributed by atoms with Crippen LogP contribution in [0.3, 0.4) is 0 Å². The Morgan fingerprint density at radius 1 is 1.58 bits per heavy atom. The van der Waals surface area contributed by atoms with Crippen LogP contribution in [0, 0.1) is 5.92 Å². The lowest BCUT2D eigenvalue weighted by Gasteiger charge is -2.24. The van der Waals surface area contributed by atoms with Crippen LogP contribution in [0.2, 0.25) is 0 Å². The average molecular weight is 264 g/mol. The summed E-state index contributed by atoms with van der Waals surface area (Å²) >= 11 is 0. The number of carbonyl (C=O) groups excluding carboxylic acids is 1. The minimum atomic E-state index is -0.321. The molecule has 3 rings (SSSR count). The lowest BCUT2D eigenvalue weighted by Crippen LogP contribution is -2.40. The monoisotopic (exact) mass is 264 g/mol. The Morgan fingerprint density at radius 3 is 3.26 bits per heavy atom. The normalized spacial score (nSPS) is 27.2. The van der Waals surface area contributed by atoms with Crippen molar-refractivity contribution in [2.45, 2.75) is 25.4 Å². The number of rotatable bonds is 3. The molecule has 5 nitrogen and oxygen atoms in total. The maximum atomic E-state index is 11.6. The Hall–Kier alpha value is -1.33. The van der Waals surface area contributed by atoms with Gasteiger partial charge in [0.25, 0.3) is 0 Å². The smallest absolute Gasteiger partial charge is 0.341 e. The molecule has 104 valence electrons. The van der Waals surface area contributed by atoms with Gasteiger partial charge < -0.3 is 14.5 Å². The number of carbonyl (C=O) groups is 1. The van der Waals surface area contributed by atoms with Crippen LogP contribution in [0.1, 0.15) is 29.0 Å². The number of ether oxygens (including phenoxy) is 1. The first kappa shape index (κ1) is 12.7. The Morgan fingerprint density at radius 2 is 2.47 bits per heavy atom. The number of hydrogen-bond donors (Lipinski definition) is 1. The lowest BCUT2D eigenvalue weighted by atomic mass is 9.94.